The number of hydrogen-bond donors (Lipinski definition) is 5. The van der Waals surface area contributed by atoms with Gasteiger partial charge in [0.25, 0.3) is 0 Å². The molecule has 0 saturated carbocycles. The zero-order valence-corrected chi connectivity index (χ0v) is 22.4. The molecule has 41 heavy (non-hydrogen) atoms. The molecule has 5 atom stereocenters. The first-order chi connectivity index (χ1) is 19.4. The average molecular weight is 571 g/mol. The fraction of sp³-hybridized carbons (Fsp3) is 0.345. The Balaban J connectivity index is 1.83. The number of esters is 1. The van der Waals surface area contributed by atoms with Crippen molar-refractivity contribution in [3.63, 3.8) is 0 Å². The molecule has 0 spiro atoms. The number of ether oxygens (including phenoxy) is 3. The van der Waals surface area contributed by atoms with Crippen LogP contribution in [-0.2, 0) is 25.5 Å². The smallest absolute Gasteiger partial charge is 0.331 e. The van der Waals surface area contributed by atoms with Gasteiger partial charge < -0.3 is 44.2 Å². The SMILES string of the molecule is COc1cc(C)c2c(=O)cc(CC(C)=O)oc2c1C1OC(CO)C(O)C(O)C1OC(=O)C=Cc1ccc(O)c(O)c1. The van der Waals surface area contributed by atoms with Crippen molar-refractivity contribution in [2.24, 2.45) is 0 Å². The van der Waals surface area contributed by atoms with E-state index in [-0.39, 0.29) is 46.0 Å². The molecule has 12 nitrogen and oxygen atoms in total. The van der Waals surface area contributed by atoms with Crippen LogP contribution in [0.2, 0.25) is 0 Å². The first-order valence-electron chi connectivity index (χ1n) is 12.6. The minimum absolute atomic E-state index is 0.0351. The van der Waals surface area contributed by atoms with E-state index < -0.39 is 54.3 Å². The number of phenols is 2. The molecule has 1 fully saturated rings. The van der Waals surface area contributed by atoms with Crippen LogP contribution >= 0.6 is 0 Å². The molecule has 0 amide bonds. The van der Waals surface area contributed by atoms with Gasteiger partial charge in [0.2, 0.25) is 0 Å². The van der Waals surface area contributed by atoms with Crippen LogP contribution in [0.15, 0.2) is 45.6 Å². The number of rotatable bonds is 8. The third-order valence-electron chi connectivity index (χ3n) is 6.71. The summed E-state index contributed by atoms with van der Waals surface area (Å²) in [6.45, 7) is 2.28. The van der Waals surface area contributed by atoms with Crippen LogP contribution < -0.4 is 10.2 Å². The maximum Gasteiger partial charge on any atom is 0.331 e. The highest BCUT2D eigenvalue weighted by Crippen LogP contribution is 2.43. The number of carbonyl (C=O) groups excluding carboxylic acids is 2. The maximum absolute atomic E-state index is 13.1. The van der Waals surface area contributed by atoms with Gasteiger partial charge in [-0.1, -0.05) is 6.07 Å². The van der Waals surface area contributed by atoms with E-state index in [0.717, 1.165) is 6.08 Å². The second kappa shape index (κ2) is 12.1. The Bertz CT molecular complexity index is 1560. The highest BCUT2D eigenvalue weighted by molar-refractivity contribution is 5.88. The lowest BCUT2D eigenvalue weighted by Crippen LogP contribution is -2.56. The van der Waals surface area contributed by atoms with E-state index in [1.54, 1.807) is 6.92 Å². The third-order valence-corrected chi connectivity index (χ3v) is 6.71. The van der Waals surface area contributed by atoms with Gasteiger partial charge in [-0.15, -0.1) is 0 Å². The number of aromatic hydroxyl groups is 2. The monoisotopic (exact) mass is 570 g/mol. The van der Waals surface area contributed by atoms with Gasteiger partial charge in [0, 0.05) is 12.1 Å². The van der Waals surface area contributed by atoms with Crippen molar-refractivity contribution >= 4 is 28.8 Å². The van der Waals surface area contributed by atoms with E-state index >= 15 is 0 Å². The van der Waals surface area contributed by atoms with Crippen molar-refractivity contribution in [2.45, 2.75) is 50.8 Å². The van der Waals surface area contributed by atoms with E-state index in [0.29, 0.717) is 11.1 Å². The molecule has 5 N–H and O–H groups in total. The van der Waals surface area contributed by atoms with Crippen molar-refractivity contribution in [2.75, 3.05) is 13.7 Å². The summed E-state index contributed by atoms with van der Waals surface area (Å²) in [5.41, 5.74) is 0.401. The minimum atomic E-state index is -1.76. The number of fused-ring (bicyclic) bond motifs is 1. The predicted molar refractivity (Wildman–Crippen MR) is 144 cm³/mol. The molecule has 0 aliphatic carbocycles. The number of methoxy groups -OCH3 is 1. The van der Waals surface area contributed by atoms with Crippen molar-refractivity contribution < 1.29 is 53.7 Å². The van der Waals surface area contributed by atoms with Crippen molar-refractivity contribution in [1.82, 2.24) is 0 Å². The van der Waals surface area contributed by atoms with Gasteiger partial charge >= 0.3 is 5.97 Å². The first-order valence-corrected chi connectivity index (χ1v) is 12.6. The summed E-state index contributed by atoms with van der Waals surface area (Å²) in [5, 5.41) is 50.7. The van der Waals surface area contributed by atoms with Crippen LogP contribution in [0, 0.1) is 6.92 Å². The van der Waals surface area contributed by atoms with Gasteiger partial charge in [0.15, 0.2) is 23.0 Å². The Morgan fingerprint density at radius 1 is 1.07 bits per heavy atom. The van der Waals surface area contributed by atoms with Gasteiger partial charge in [-0.3, -0.25) is 9.59 Å². The molecule has 218 valence electrons. The van der Waals surface area contributed by atoms with Crippen LogP contribution in [0.5, 0.6) is 17.2 Å². The normalized spacial score (nSPS) is 22.6. The van der Waals surface area contributed by atoms with E-state index in [2.05, 4.69) is 0 Å². The Kier molecular flexibility index (Phi) is 8.78. The third kappa shape index (κ3) is 6.10. The van der Waals surface area contributed by atoms with Crippen LogP contribution in [-0.4, -0.2) is 75.4 Å². The highest BCUT2D eigenvalue weighted by atomic mass is 16.6. The largest absolute Gasteiger partial charge is 0.504 e. The molecule has 2 heterocycles. The average Bonchev–Trinajstić information content (AvgIpc) is 2.91. The summed E-state index contributed by atoms with van der Waals surface area (Å²) in [4.78, 5) is 37.7. The Morgan fingerprint density at radius 2 is 1.80 bits per heavy atom. The van der Waals surface area contributed by atoms with Gasteiger partial charge in [0.05, 0.1) is 31.1 Å². The lowest BCUT2D eigenvalue weighted by molar-refractivity contribution is -0.239. The number of Topliss-reactive ketones (excluding diaryl/α,β-unsaturated/α-hetero) is 1. The summed E-state index contributed by atoms with van der Waals surface area (Å²) in [6, 6.07) is 6.60. The van der Waals surface area contributed by atoms with Crippen molar-refractivity contribution in [1.29, 1.82) is 0 Å². The molecular weight excluding hydrogens is 540 g/mol. The molecule has 1 aliphatic rings. The molecule has 5 unspecified atom stereocenters. The Hall–Kier alpha value is -4.23. The number of hydrogen-bond acceptors (Lipinski definition) is 12. The summed E-state index contributed by atoms with van der Waals surface area (Å²) in [5.74, 6) is -1.79. The minimum Gasteiger partial charge on any atom is -0.504 e. The molecule has 4 rings (SSSR count). The standard InChI is InChI=1S/C29H30O12/c1-13-8-20(38-3)24(27-23(13)19(34)11-16(39-27)9-14(2)31)28-29(26(37)25(36)21(12-30)40-28)41-22(35)7-5-15-4-6-17(32)18(33)10-15/h4-8,10-11,21,25-26,28-30,32-33,36-37H,9,12H2,1-3H3. The number of benzene rings is 2. The van der Waals surface area contributed by atoms with Crippen LogP contribution in [0.3, 0.4) is 0 Å². The van der Waals surface area contributed by atoms with Crippen LogP contribution in [0.1, 0.15) is 35.5 Å². The number of aryl methyl sites for hydroxylation is 1. The van der Waals surface area contributed by atoms with Crippen LogP contribution in [0.25, 0.3) is 17.0 Å². The molecule has 1 aliphatic heterocycles. The second-order valence-electron chi connectivity index (χ2n) is 9.71. The summed E-state index contributed by atoms with van der Waals surface area (Å²) < 4.78 is 23.0. The molecule has 3 aromatic rings. The van der Waals surface area contributed by atoms with Crippen molar-refractivity contribution in [3.8, 4) is 17.2 Å². The maximum atomic E-state index is 13.1. The quantitative estimate of drug-likeness (QED) is 0.149. The number of aliphatic hydroxyl groups is 3. The fourth-order valence-electron chi connectivity index (χ4n) is 4.77. The zero-order valence-electron chi connectivity index (χ0n) is 22.4. The summed E-state index contributed by atoms with van der Waals surface area (Å²) >= 11 is 0. The van der Waals surface area contributed by atoms with Gasteiger partial charge in [-0.05, 0) is 49.2 Å². The van der Waals surface area contributed by atoms with Gasteiger partial charge in [0.1, 0.15) is 47.3 Å². The molecule has 2 aromatic carbocycles. The zero-order chi connectivity index (χ0) is 30.0. The Morgan fingerprint density at radius 3 is 2.44 bits per heavy atom. The predicted octanol–water partition coefficient (Wildman–Crippen LogP) is 1.43. The molecule has 0 radical (unpaired) electrons. The summed E-state index contributed by atoms with van der Waals surface area (Å²) in [6.07, 6.45) is -5.61. The van der Waals surface area contributed by atoms with Crippen LogP contribution in [0.4, 0.5) is 0 Å². The van der Waals surface area contributed by atoms with E-state index in [1.165, 1.54) is 50.4 Å². The molecular formula is C29H30O12. The number of phenolic OH excluding ortho intramolecular Hbond substituents is 2. The fourth-order valence-corrected chi connectivity index (χ4v) is 4.77. The van der Waals surface area contributed by atoms with Gasteiger partial charge in [-0.25, -0.2) is 4.79 Å². The van der Waals surface area contributed by atoms with E-state index in [9.17, 15) is 39.9 Å². The lowest BCUT2D eigenvalue weighted by atomic mass is 9.89. The second-order valence-corrected chi connectivity index (χ2v) is 9.71. The number of aliphatic hydroxyl groups excluding tert-OH is 3. The lowest BCUT2D eigenvalue weighted by Gasteiger charge is -2.42. The number of carbonyl (C=O) groups is 2. The highest BCUT2D eigenvalue weighted by Gasteiger charge is 2.49. The van der Waals surface area contributed by atoms with Crippen molar-refractivity contribution in [3.05, 3.63) is 69.1 Å². The first kappa shape index (κ1) is 29.7. The Labute approximate surface area is 233 Å². The molecule has 12 heteroatoms. The number of ketones is 1. The molecule has 0 bridgehead atoms. The molecule has 1 aromatic heterocycles. The summed E-state index contributed by atoms with van der Waals surface area (Å²) in [7, 11) is 1.34. The van der Waals surface area contributed by atoms with Gasteiger partial charge in [-0.2, -0.15) is 0 Å². The van der Waals surface area contributed by atoms with E-state index in [1.807, 2.05) is 0 Å². The van der Waals surface area contributed by atoms with E-state index in [4.69, 9.17) is 18.6 Å². The molecule has 1 saturated heterocycles. The topological polar surface area (TPSA) is 193 Å².